The van der Waals surface area contributed by atoms with Gasteiger partial charge in [-0.1, -0.05) is 34.1 Å². The summed E-state index contributed by atoms with van der Waals surface area (Å²) in [5.74, 6) is 3.25. The lowest BCUT2D eigenvalue weighted by molar-refractivity contribution is 0.383. The van der Waals surface area contributed by atoms with Gasteiger partial charge in [0.1, 0.15) is 18.1 Å². The topological polar surface area (TPSA) is 75.6 Å². The molecule has 2 heterocycles. The number of unbranched alkanes of at least 4 members (excludes halogenated alkanes) is 1. The zero-order chi connectivity index (χ0) is 18.1. The van der Waals surface area contributed by atoms with Gasteiger partial charge in [-0.05, 0) is 18.6 Å². The molecule has 0 spiro atoms. The second-order valence-electron chi connectivity index (χ2n) is 7.07. The summed E-state index contributed by atoms with van der Waals surface area (Å²) in [6, 6.07) is 3.88. The summed E-state index contributed by atoms with van der Waals surface area (Å²) >= 11 is 0. The lowest BCUT2D eigenvalue weighted by Crippen LogP contribution is -2.38. The Morgan fingerprint density at radius 2 is 2.00 bits per heavy atom. The molecule has 2 N–H and O–H groups in total. The van der Waals surface area contributed by atoms with Gasteiger partial charge in [-0.15, -0.1) is 24.0 Å². The maximum atomic E-state index is 5.80. The van der Waals surface area contributed by atoms with Gasteiger partial charge in [-0.2, -0.15) is 0 Å². The Balaban J connectivity index is 0.00000338. The highest BCUT2D eigenvalue weighted by atomic mass is 127. The lowest BCUT2D eigenvalue weighted by atomic mass is 9.94. The van der Waals surface area contributed by atoms with Crippen molar-refractivity contribution in [1.82, 2.24) is 15.6 Å². The highest BCUT2D eigenvalue weighted by Crippen LogP contribution is 2.22. The predicted molar refractivity (Wildman–Crippen MR) is 115 cm³/mol. The summed E-state index contributed by atoms with van der Waals surface area (Å²) in [5.41, 5.74) is -0.0432. The molecule has 0 saturated carbocycles. The number of furan rings is 1. The van der Waals surface area contributed by atoms with Crippen LogP contribution >= 0.6 is 24.0 Å². The summed E-state index contributed by atoms with van der Waals surface area (Å²) in [7, 11) is 0. The fraction of sp³-hybridized carbons (Fsp3) is 0.579. The number of aromatic nitrogens is 1. The minimum Gasteiger partial charge on any atom is -0.469 e. The van der Waals surface area contributed by atoms with Crippen molar-refractivity contribution < 1.29 is 8.83 Å². The van der Waals surface area contributed by atoms with Gasteiger partial charge in [-0.3, -0.25) is 0 Å². The molecule has 0 bridgehead atoms. The lowest BCUT2D eigenvalue weighted by Gasteiger charge is -2.13. The molecule has 0 saturated heterocycles. The van der Waals surface area contributed by atoms with Gasteiger partial charge >= 0.3 is 0 Å². The third-order valence-electron chi connectivity index (χ3n) is 3.73. The van der Waals surface area contributed by atoms with Crippen LogP contribution in [-0.4, -0.2) is 24.0 Å². The SMILES string of the molecule is CCCCNC(=NCc1ncc(C(C)(C)C)o1)NCCc1ccco1.I. The zero-order valence-electron chi connectivity index (χ0n) is 16.2. The van der Waals surface area contributed by atoms with E-state index in [1.165, 1.54) is 0 Å². The van der Waals surface area contributed by atoms with Crippen LogP contribution in [-0.2, 0) is 18.4 Å². The van der Waals surface area contributed by atoms with Crippen LogP contribution in [0.25, 0.3) is 0 Å². The molecule has 2 aromatic rings. The van der Waals surface area contributed by atoms with Crippen LogP contribution in [0.5, 0.6) is 0 Å². The second-order valence-corrected chi connectivity index (χ2v) is 7.07. The first-order valence-electron chi connectivity index (χ1n) is 8.99. The number of rotatable bonds is 8. The standard InChI is InChI=1S/C19H30N4O2.HI/c1-5-6-10-20-18(21-11-9-15-8-7-12-24-15)23-14-17-22-13-16(25-17)19(2,3)4;/h7-8,12-13H,5-6,9-11,14H2,1-4H3,(H2,20,21,23);1H. The number of halogens is 1. The van der Waals surface area contributed by atoms with Crippen LogP contribution in [0.1, 0.15) is 57.9 Å². The third-order valence-corrected chi connectivity index (χ3v) is 3.73. The Morgan fingerprint density at radius 1 is 1.23 bits per heavy atom. The van der Waals surface area contributed by atoms with Crippen LogP contribution in [0.15, 0.2) is 38.4 Å². The van der Waals surface area contributed by atoms with Gasteiger partial charge in [-0.25, -0.2) is 9.98 Å². The highest BCUT2D eigenvalue weighted by Gasteiger charge is 2.19. The van der Waals surface area contributed by atoms with Crippen molar-refractivity contribution in [2.75, 3.05) is 13.1 Å². The van der Waals surface area contributed by atoms with Crippen LogP contribution in [0.3, 0.4) is 0 Å². The maximum absolute atomic E-state index is 5.80. The molecule has 2 aromatic heterocycles. The molecule has 0 amide bonds. The summed E-state index contributed by atoms with van der Waals surface area (Å²) in [5, 5.41) is 6.68. The molecule has 0 atom stereocenters. The second kappa shape index (κ2) is 11.3. The molecule has 146 valence electrons. The van der Waals surface area contributed by atoms with Crippen molar-refractivity contribution in [3.8, 4) is 0 Å². The zero-order valence-corrected chi connectivity index (χ0v) is 18.5. The number of guanidine groups is 1. The summed E-state index contributed by atoms with van der Waals surface area (Å²) in [6.45, 7) is 10.5. The Morgan fingerprint density at radius 3 is 2.62 bits per heavy atom. The van der Waals surface area contributed by atoms with E-state index in [0.717, 1.165) is 49.8 Å². The molecule has 0 aromatic carbocycles. The Labute approximate surface area is 173 Å². The minimum atomic E-state index is -0.0432. The monoisotopic (exact) mass is 474 g/mol. The van der Waals surface area contributed by atoms with E-state index >= 15 is 0 Å². The molecule has 0 aliphatic rings. The summed E-state index contributed by atoms with van der Waals surface area (Å²) < 4.78 is 11.2. The molecule has 0 unspecified atom stereocenters. The summed E-state index contributed by atoms with van der Waals surface area (Å²) in [6.07, 6.45) is 6.54. The van der Waals surface area contributed by atoms with Crippen molar-refractivity contribution in [2.45, 2.75) is 58.9 Å². The number of oxazole rings is 1. The van der Waals surface area contributed by atoms with Crippen molar-refractivity contribution >= 4 is 29.9 Å². The molecule has 0 aliphatic carbocycles. The van der Waals surface area contributed by atoms with Gasteiger partial charge in [0.05, 0.1) is 12.5 Å². The molecule has 6 nitrogen and oxygen atoms in total. The van der Waals surface area contributed by atoms with Gasteiger partial charge in [0.15, 0.2) is 5.96 Å². The molecule has 26 heavy (non-hydrogen) atoms. The smallest absolute Gasteiger partial charge is 0.216 e. The predicted octanol–water partition coefficient (Wildman–Crippen LogP) is 4.26. The fourth-order valence-electron chi connectivity index (χ4n) is 2.19. The highest BCUT2D eigenvalue weighted by molar-refractivity contribution is 14.0. The van der Waals surface area contributed by atoms with Crippen LogP contribution < -0.4 is 10.6 Å². The van der Waals surface area contributed by atoms with E-state index in [9.17, 15) is 0 Å². The summed E-state index contributed by atoms with van der Waals surface area (Å²) in [4.78, 5) is 8.92. The van der Waals surface area contributed by atoms with Gasteiger partial charge in [0, 0.05) is 24.9 Å². The van der Waals surface area contributed by atoms with Crippen LogP contribution in [0, 0.1) is 0 Å². The maximum Gasteiger partial charge on any atom is 0.216 e. The Hall–Kier alpha value is -1.51. The van der Waals surface area contributed by atoms with Crippen molar-refractivity contribution in [1.29, 1.82) is 0 Å². The first-order valence-corrected chi connectivity index (χ1v) is 8.99. The first-order chi connectivity index (χ1) is 12.0. The fourth-order valence-corrected chi connectivity index (χ4v) is 2.19. The van der Waals surface area contributed by atoms with Crippen molar-refractivity contribution in [2.24, 2.45) is 4.99 Å². The third kappa shape index (κ3) is 7.80. The van der Waals surface area contributed by atoms with E-state index in [1.807, 2.05) is 12.1 Å². The van der Waals surface area contributed by atoms with E-state index in [0.29, 0.717) is 12.4 Å². The van der Waals surface area contributed by atoms with E-state index in [2.05, 4.69) is 48.3 Å². The van der Waals surface area contributed by atoms with E-state index in [1.54, 1.807) is 12.5 Å². The van der Waals surface area contributed by atoms with Gasteiger partial charge < -0.3 is 19.5 Å². The average Bonchev–Trinajstić information content (AvgIpc) is 3.23. The molecular weight excluding hydrogens is 443 g/mol. The van der Waals surface area contributed by atoms with E-state index < -0.39 is 0 Å². The first kappa shape index (κ1) is 22.5. The van der Waals surface area contributed by atoms with Crippen molar-refractivity contribution in [3.63, 3.8) is 0 Å². The molecule has 0 radical (unpaired) electrons. The molecule has 0 aliphatic heterocycles. The van der Waals surface area contributed by atoms with Crippen LogP contribution in [0.4, 0.5) is 0 Å². The van der Waals surface area contributed by atoms with Gasteiger partial charge in [0.25, 0.3) is 0 Å². The molecule has 2 rings (SSSR count). The number of nitrogens with zero attached hydrogens (tertiary/aromatic N) is 2. The van der Waals surface area contributed by atoms with E-state index in [-0.39, 0.29) is 29.4 Å². The van der Waals surface area contributed by atoms with Crippen LogP contribution in [0.2, 0.25) is 0 Å². The molecule has 0 fully saturated rings. The largest absolute Gasteiger partial charge is 0.469 e. The van der Waals surface area contributed by atoms with Crippen molar-refractivity contribution in [3.05, 3.63) is 42.0 Å². The molecule has 7 heteroatoms. The number of aliphatic imine (C=N–C) groups is 1. The molecular formula is C19H31IN4O2. The quantitative estimate of drug-likeness (QED) is 0.259. The van der Waals surface area contributed by atoms with Gasteiger partial charge in [0.2, 0.25) is 5.89 Å². The normalized spacial score (nSPS) is 11.9. The van der Waals surface area contributed by atoms with E-state index in [4.69, 9.17) is 8.83 Å². The number of hydrogen-bond donors (Lipinski definition) is 2. The minimum absolute atomic E-state index is 0. The number of nitrogens with one attached hydrogen (secondary N) is 2. The Bertz CT molecular complexity index is 645. The number of hydrogen-bond acceptors (Lipinski definition) is 4. The average molecular weight is 474 g/mol. The Kier molecular flexibility index (Phi) is 9.75.